The van der Waals surface area contributed by atoms with E-state index in [0.717, 1.165) is 30.2 Å². The molecule has 0 unspecified atom stereocenters. The summed E-state index contributed by atoms with van der Waals surface area (Å²) in [4.78, 5) is 0. The average molecular weight is 394 g/mol. The molecule has 2 aliphatic rings. The van der Waals surface area contributed by atoms with Crippen LogP contribution in [0, 0.1) is 0 Å². The van der Waals surface area contributed by atoms with Crippen LogP contribution in [0.15, 0.2) is 43.0 Å². The zero-order valence-corrected chi connectivity index (χ0v) is 16.1. The van der Waals surface area contributed by atoms with Gasteiger partial charge >= 0.3 is 0 Å². The molecular formula is C20H26O6S. The lowest BCUT2D eigenvalue weighted by Crippen LogP contribution is -2.56. The van der Waals surface area contributed by atoms with Crippen molar-refractivity contribution in [1.82, 2.24) is 0 Å². The first-order valence-corrected chi connectivity index (χ1v) is 10.9. The maximum absolute atomic E-state index is 11.9. The van der Waals surface area contributed by atoms with Crippen LogP contribution in [0.2, 0.25) is 0 Å². The van der Waals surface area contributed by atoms with Gasteiger partial charge in [-0.2, -0.15) is 0 Å². The van der Waals surface area contributed by atoms with E-state index in [2.05, 4.69) is 13.2 Å². The molecular weight excluding hydrogens is 368 g/mol. The predicted molar refractivity (Wildman–Crippen MR) is 102 cm³/mol. The molecule has 1 heterocycles. The smallest absolute Gasteiger partial charge is 0.187 e. The molecule has 7 heteroatoms. The van der Waals surface area contributed by atoms with Crippen LogP contribution in [-0.4, -0.2) is 53.7 Å². The van der Waals surface area contributed by atoms with Gasteiger partial charge in [-0.05, 0) is 41.9 Å². The standard InChI is InChI=1S/C20H26O6S/c1-4-11(2)9-14-10-13(7-8-15(14)12-5-6-12)19-17(22)16(21)18(23)20(26-19)27(3,24)25/h4,7-8,10,12,16-23H,1-2,5-6,9H2,3H3/t16-,17-,18+,19+,20-/m1/s1. The Balaban J connectivity index is 1.97. The zero-order chi connectivity index (χ0) is 19.9. The van der Waals surface area contributed by atoms with Crippen molar-refractivity contribution in [2.45, 2.75) is 55.0 Å². The van der Waals surface area contributed by atoms with Gasteiger partial charge in [0.15, 0.2) is 15.3 Å². The minimum Gasteiger partial charge on any atom is -0.387 e. The molecule has 1 aromatic carbocycles. The number of rotatable bonds is 6. The van der Waals surface area contributed by atoms with Crippen LogP contribution in [0.1, 0.15) is 41.6 Å². The van der Waals surface area contributed by atoms with E-state index in [0.29, 0.717) is 17.9 Å². The summed E-state index contributed by atoms with van der Waals surface area (Å²) >= 11 is 0. The summed E-state index contributed by atoms with van der Waals surface area (Å²) in [5, 5.41) is 30.5. The van der Waals surface area contributed by atoms with Crippen LogP contribution in [0.3, 0.4) is 0 Å². The van der Waals surface area contributed by atoms with Gasteiger partial charge in [-0.15, -0.1) is 0 Å². The van der Waals surface area contributed by atoms with Gasteiger partial charge in [-0.1, -0.05) is 43.0 Å². The lowest BCUT2D eigenvalue weighted by atomic mass is 9.89. The number of hydrogen-bond donors (Lipinski definition) is 3. The summed E-state index contributed by atoms with van der Waals surface area (Å²) in [5.74, 6) is 0.500. The van der Waals surface area contributed by atoms with Crippen molar-refractivity contribution in [3.8, 4) is 0 Å². The summed E-state index contributed by atoms with van der Waals surface area (Å²) in [7, 11) is -3.79. The van der Waals surface area contributed by atoms with Gasteiger partial charge in [0.2, 0.25) is 0 Å². The number of sulfone groups is 1. The topological polar surface area (TPSA) is 104 Å². The minimum absolute atomic E-state index is 0.500. The predicted octanol–water partition coefficient (Wildman–Crippen LogP) is 1.37. The number of aliphatic hydroxyl groups is 3. The summed E-state index contributed by atoms with van der Waals surface area (Å²) in [6, 6.07) is 5.60. The number of allylic oxidation sites excluding steroid dienone is 2. The van der Waals surface area contributed by atoms with Gasteiger partial charge in [0.05, 0.1) is 0 Å². The molecule has 6 nitrogen and oxygen atoms in total. The summed E-state index contributed by atoms with van der Waals surface area (Å²) in [6.07, 6.45) is -0.394. The van der Waals surface area contributed by atoms with E-state index in [9.17, 15) is 23.7 Å². The first-order chi connectivity index (χ1) is 12.6. The van der Waals surface area contributed by atoms with E-state index >= 15 is 0 Å². The lowest BCUT2D eigenvalue weighted by molar-refractivity contribution is -0.202. The molecule has 5 atom stereocenters. The second kappa shape index (κ2) is 7.48. The summed E-state index contributed by atoms with van der Waals surface area (Å²) in [6.45, 7) is 7.70. The fourth-order valence-corrected chi connectivity index (χ4v) is 4.53. The monoisotopic (exact) mass is 394 g/mol. The second-order valence-electron chi connectivity index (χ2n) is 7.50. The van der Waals surface area contributed by atoms with Crippen molar-refractivity contribution in [2.24, 2.45) is 0 Å². The Labute approximate surface area is 159 Å². The lowest BCUT2D eigenvalue weighted by Gasteiger charge is -2.40. The fourth-order valence-electron chi connectivity index (χ4n) is 3.54. The van der Waals surface area contributed by atoms with Crippen molar-refractivity contribution in [3.63, 3.8) is 0 Å². The Morgan fingerprint density at radius 2 is 1.89 bits per heavy atom. The van der Waals surface area contributed by atoms with E-state index in [-0.39, 0.29) is 0 Å². The molecule has 3 rings (SSSR count). The van der Waals surface area contributed by atoms with E-state index in [1.54, 1.807) is 12.1 Å². The molecule has 3 N–H and O–H groups in total. The molecule has 0 amide bonds. The molecule has 0 aromatic heterocycles. The highest BCUT2D eigenvalue weighted by Gasteiger charge is 2.48. The summed E-state index contributed by atoms with van der Waals surface area (Å²) < 4.78 is 29.4. The van der Waals surface area contributed by atoms with Crippen molar-refractivity contribution in [2.75, 3.05) is 6.26 Å². The molecule has 1 aliphatic carbocycles. The number of aliphatic hydroxyl groups excluding tert-OH is 3. The Kier molecular flexibility index (Phi) is 5.61. The van der Waals surface area contributed by atoms with Crippen molar-refractivity contribution >= 4 is 9.84 Å². The first-order valence-electron chi connectivity index (χ1n) is 8.95. The minimum atomic E-state index is -3.79. The molecule has 27 heavy (non-hydrogen) atoms. The highest BCUT2D eigenvalue weighted by Crippen LogP contribution is 2.43. The van der Waals surface area contributed by atoms with Crippen LogP contribution in [0.25, 0.3) is 0 Å². The molecule has 1 aromatic rings. The SMILES string of the molecule is C=CC(=C)Cc1cc([C@@H]2O[C@H](S(C)(=O)=O)[C@@H](O)[C@H](O)[C@H]2O)ccc1C1CC1. The number of benzene rings is 1. The maximum atomic E-state index is 11.9. The Morgan fingerprint density at radius 1 is 1.22 bits per heavy atom. The van der Waals surface area contributed by atoms with Gasteiger partial charge in [0, 0.05) is 6.26 Å². The van der Waals surface area contributed by atoms with Crippen LogP contribution in [0.5, 0.6) is 0 Å². The summed E-state index contributed by atoms with van der Waals surface area (Å²) in [5.41, 5.74) is 2.03. The molecule has 0 spiro atoms. The molecule has 1 saturated carbocycles. The van der Waals surface area contributed by atoms with Gasteiger partial charge in [-0.25, -0.2) is 8.42 Å². The number of hydrogen-bond acceptors (Lipinski definition) is 6. The fraction of sp³-hybridized carbons (Fsp3) is 0.500. The van der Waals surface area contributed by atoms with Gasteiger partial charge < -0.3 is 20.1 Å². The molecule has 148 valence electrons. The third-order valence-corrected chi connectivity index (χ3v) is 6.44. The second-order valence-corrected chi connectivity index (χ2v) is 9.62. The van der Waals surface area contributed by atoms with Crippen LogP contribution >= 0.6 is 0 Å². The highest BCUT2D eigenvalue weighted by molar-refractivity contribution is 7.91. The van der Waals surface area contributed by atoms with E-state index in [4.69, 9.17) is 4.74 Å². The maximum Gasteiger partial charge on any atom is 0.187 e. The Morgan fingerprint density at radius 3 is 2.44 bits per heavy atom. The molecule has 1 saturated heterocycles. The third kappa shape index (κ3) is 4.17. The zero-order valence-electron chi connectivity index (χ0n) is 15.3. The number of ether oxygens (including phenoxy) is 1. The first kappa shape index (κ1) is 20.2. The average Bonchev–Trinajstić information content (AvgIpc) is 3.43. The van der Waals surface area contributed by atoms with E-state index < -0.39 is 39.7 Å². The van der Waals surface area contributed by atoms with Crippen molar-refractivity contribution in [1.29, 1.82) is 0 Å². The molecule has 0 bridgehead atoms. The van der Waals surface area contributed by atoms with Crippen LogP contribution in [0.4, 0.5) is 0 Å². The highest BCUT2D eigenvalue weighted by atomic mass is 32.2. The molecule has 2 fully saturated rings. The Bertz CT molecular complexity index is 842. The molecule has 1 aliphatic heterocycles. The van der Waals surface area contributed by atoms with E-state index in [1.165, 1.54) is 5.56 Å². The Hall–Kier alpha value is -1.51. The van der Waals surface area contributed by atoms with E-state index in [1.807, 2.05) is 12.1 Å². The van der Waals surface area contributed by atoms with Crippen molar-refractivity contribution in [3.05, 3.63) is 59.7 Å². The van der Waals surface area contributed by atoms with Crippen molar-refractivity contribution < 1.29 is 28.5 Å². The largest absolute Gasteiger partial charge is 0.387 e. The third-order valence-electron chi connectivity index (χ3n) is 5.21. The normalized spacial score (nSPS) is 31.5. The van der Waals surface area contributed by atoms with Gasteiger partial charge in [-0.3, -0.25) is 0 Å². The van der Waals surface area contributed by atoms with Crippen LogP contribution in [-0.2, 0) is 21.0 Å². The quantitative estimate of drug-likeness (QED) is 0.630. The van der Waals surface area contributed by atoms with Crippen LogP contribution < -0.4 is 0 Å². The van der Waals surface area contributed by atoms with Gasteiger partial charge in [0.1, 0.15) is 24.4 Å². The molecule has 0 radical (unpaired) electrons. The van der Waals surface area contributed by atoms with Gasteiger partial charge in [0.25, 0.3) is 0 Å².